The normalized spacial score (nSPS) is 16.6. The number of nitro benzene ring substituents is 1. The first-order valence-electron chi connectivity index (χ1n) is 6.15. The van der Waals surface area contributed by atoms with Crippen LogP contribution in [0.15, 0.2) is 23.1 Å². The molecule has 1 saturated heterocycles. The molecule has 0 radical (unpaired) electrons. The molecule has 0 saturated carbocycles. The van der Waals surface area contributed by atoms with E-state index in [0.29, 0.717) is 27.9 Å². The number of carbonyl (C=O) groups is 1. The predicted molar refractivity (Wildman–Crippen MR) is 86.5 cm³/mol. The van der Waals surface area contributed by atoms with E-state index < -0.39 is 16.4 Å². The van der Waals surface area contributed by atoms with E-state index in [0.717, 1.165) is 11.8 Å². The lowest BCUT2D eigenvalue weighted by molar-refractivity contribution is -0.385. The summed E-state index contributed by atoms with van der Waals surface area (Å²) < 4.78 is 5.34. The molecule has 116 valence electrons. The first-order chi connectivity index (χ1) is 10.4. The molecule has 1 amide bonds. The summed E-state index contributed by atoms with van der Waals surface area (Å²) in [5, 5.41) is 20.2. The van der Waals surface area contributed by atoms with Gasteiger partial charge in [0.25, 0.3) is 5.91 Å². The molecule has 1 aliphatic heterocycles. The van der Waals surface area contributed by atoms with E-state index in [9.17, 15) is 20.0 Å². The van der Waals surface area contributed by atoms with E-state index in [1.54, 1.807) is 0 Å². The lowest BCUT2D eigenvalue weighted by Gasteiger charge is -2.12. The Hall–Kier alpha value is -1.97. The second-order valence-corrected chi connectivity index (χ2v) is 6.01. The maximum atomic E-state index is 12.2. The predicted octanol–water partition coefficient (Wildman–Crippen LogP) is 2.15. The molecule has 0 spiro atoms. The van der Waals surface area contributed by atoms with Crippen molar-refractivity contribution in [3.63, 3.8) is 0 Å². The highest BCUT2D eigenvalue weighted by Crippen LogP contribution is 2.34. The molecule has 1 fully saturated rings. The Balaban J connectivity index is 2.27. The molecule has 0 atom stereocenters. The van der Waals surface area contributed by atoms with Crippen molar-refractivity contribution in [2.75, 3.05) is 20.3 Å². The number of hydrogen-bond donors (Lipinski definition) is 1. The van der Waals surface area contributed by atoms with Gasteiger partial charge in [-0.05, 0) is 17.7 Å². The quantitative estimate of drug-likeness (QED) is 0.380. The van der Waals surface area contributed by atoms with E-state index >= 15 is 0 Å². The Kier molecular flexibility index (Phi) is 5.11. The van der Waals surface area contributed by atoms with Gasteiger partial charge in [-0.1, -0.05) is 30.0 Å². The number of thioether (sulfide) groups is 1. The maximum Gasteiger partial charge on any atom is 0.311 e. The fourth-order valence-corrected chi connectivity index (χ4v) is 3.11. The summed E-state index contributed by atoms with van der Waals surface area (Å²) in [5.41, 5.74) is 0.0281. The van der Waals surface area contributed by atoms with E-state index in [1.807, 2.05) is 0 Å². The summed E-state index contributed by atoms with van der Waals surface area (Å²) in [4.78, 5) is 24.1. The maximum absolute atomic E-state index is 12.2. The molecule has 1 heterocycles. The van der Waals surface area contributed by atoms with Crippen molar-refractivity contribution >= 4 is 46.0 Å². The third-order valence-corrected chi connectivity index (χ3v) is 4.26. The molecule has 1 aliphatic rings. The van der Waals surface area contributed by atoms with Crippen molar-refractivity contribution in [3.8, 4) is 5.75 Å². The summed E-state index contributed by atoms with van der Waals surface area (Å²) in [6.45, 7) is 0.721. The zero-order chi connectivity index (χ0) is 16.3. The van der Waals surface area contributed by atoms with E-state index in [1.165, 1.54) is 36.3 Å². The van der Waals surface area contributed by atoms with Gasteiger partial charge in [0.15, 0.2) is 5.75 Å². The van der Waals surface area contributed by atoms with E-state index in [4.69, 9.17) is 17.0 Å². The van der Waals surface area contributed by atoms with Crippen LogP contribution in [-0.2, 0) is 9.53 Å². The summed E-state index contributed by atoms with van der Waals surface area (Å²) in [6.07, 6.45) is 1.51. The smallest absolute Gasteiger partial charge is 0.311 e. The van der Waals surface area contributed by atoms with Crippen LogP contribution in [0.3, 0.4) is 0 Å². The molecule has 0 bridgehead atoms. The first kappa shape index (κ1) is 16.4. The molecular weight excluding hydrogens is 328 g/mol. The number of nitrogens with zero attached hydrogens (tertiary/aromatic N) is 2. The van der Waals surface area contributed by atoms with Crippen LogP contribution < -0.4 is 0 Å². The minimum atomic E-state index is -0.684. The average Bonchev–Trinajstić information content (AvgIpc) is 2.73. The van der Waals surface area contributed by atoms with Crippen LogP contribution in [0, 0.1) is 10.1 Å². The standard InChI is InChI=1S/C13H12N2O5S2/c1-20-5-4-14-12(17)11(22-13(14)21)7-8-2-3-10(16)9(6-8)15(18)19/h2-3,6-7,16H,4-5H2,1H3. The van der Waals surface area contributed by atoms with Gasteiger partial charge < -0.3 is 9.84 Å². The summed E-state index contributed by atoms with van der Waals surface area (Å²) >= 11 is 6.26. The number of ether oxygens (including phenoxy) is 1. The largest absolute Gasteiger partial charge is 0.502 e. The molecule has 0 aromatic heterocycles. The molecule has 22 heavy (non-hydrogen) atoms. The van der Waals surface area contributed by atoms with Crippen LogP contribution in [-0.4, -0.2) is 45.4 Å². The number of phenols is 1. The highest BCUT2D eigenvalue weighted by Gasteiger charge is 2.31. The molecule has 1 N–H and O–H groups in total. The SMILES string of the molecule is COCCN1C(=O)C(=Cc2ccc(O)c([N+](=O)[O-])c2)SC1=S. The van der Waals surface area contributed by atoms with Gasteiger partial charge in [0.1, 0.15) is 4.32 Å². The Morgan fingerprint density at radius 2 is 2.27 bits per heavy atom. The van der Waals surface area contributed by atoms with Crippen LogP contribution in [0.5, 0.6) is 5.75 Å². The van der Waals surface area contributed by atoms with Gasteiger partial charge in [-0.2, -0.15) is 0 Å². The van der Waals surface area contributed by atoms with Crippen molar-refractivity contribution < 1.29 is 19.6 Å². The van der Waals surface area contributed by atoms with Crippen molar-refractivity contribution in [3.05, 3.63) is 38.8 Å². The highest BCUT2D eigenvalue weighted by atomic mass is 32.2. The monoisotopic (exact) mass is 340 g/mol. The van der Waals surface area contributed by atoms with Gasteiger partial charge in [0, 0.05) is 13.2 Å². The van der Waals surface area contributed by atoms with Crippen molar-refractivity contribution in [2.45, 2.75) is 0 Å². The van der Waals surface area contributed by atoms with Crippen LogP contribution >= 0.6 is 24.0 Å². The molecule has 7 nitrogen and oxygen atoms in total. The summed E-state index contributed by atoms with van der Waals surface area (Å²) in [7, 11) is 1.53. The number of benzene rings is 1. The van der Waals surface area contributed by atoms with Crippen molar-refractivity contribution in [1.29, 1.82) is 0 Å². The lowest BCUT2D eigenvalue weighted by Crippen LogP contribution is -2.31. The summed E-state index contributed by atoms with van der Waals surface area (Å²) in [5.74, 6) is -0.683. The number of hydrogen-bond acceptors (Lipinski definition) is 7. The minimum absolute atomic E-state index is 0.261. The number of aromatic hydroxyl groups is 1. The van der Waals surface area contributed by atoms with Crippen LogP contribution in [0.1, 0.15) is 5.56 Å². The van der Waals surface area contributed by atoms with Gasteiger partial charge in [-0.3, -0.25) is 19.8 Å². The van der Waals surface area contributed by atoms with Gasteiger partial charge in [0.05, 0.1) is 23.0 Å². The number of phenolic OH excluding ortho intramolecular Hbond substituents is 1. The first-order valence-corrected chi connectivity index (χ1v) is 7.38. The van der Waals surface area contributed by atoms with Crippen LogP contribution in [0.4, 0.5) is 5.69 Å². The lowest BCUT2D eigenvalue weighted by atomic mass is 10.1. The zero-order valence-corrected chi connectivity index (χ0v) is 13.1. The van der Waals surface area contributed by atoms with Crippen LogP contribution in [0.25, 0.3) is 6.08 Å². The average molecular weight is 340 g/mol. The molecule has 0 unspecified atom stereocenters. The van der Waals surface area contributed by atoms with Crippen molar-refractivity contribution in [1.82, 2.24) is 4.90 Å². The summed E-state index contributed by atoms with van der Waals surface area (Å²) in [6, 6.07) is 3.91. The van der Waals surface area contributed by atoms with E-state index in [2.05, 4.69) is 0 Å². The van der Waals surface area contributed by atoms with E-state index in [-0.39, 0.29) is 5.91 Å². The third kappa shape index (κ3) is 3.43. The molecule has 1 aromatic rings. The molecule has 1 aromatic carbocycles. The van der Waals surface area contributed by atoms with Crippen molar-refractivity contribution in [2.24, 2.45) is 0 Å². The zero-order valence-electron chi connectivity index (χ0n) is 11.5. The molecule has 0 aliphatic carbocycles. The third-order valence-electron chi connectivity index (χ3n) is 2.89. The second-order valence-electron chi connectivity index (χ2n) is 4.33. The molecule has 9 heteroatoms. The Bertz CT molecular complexity index is 674. The number of amides is 1. The number of nitro groups is 1. The number of thiocarbonyl (C=S) groups is 1. The fourth-order valence-electron chi connectivity index (χ4n) is 1.80. The second kappa shape index (κ2) is 6.86. The molecule has 2 rings (SSSR count). The van der Waals surface area contributed by atoms with Gasteiger partial charge in [0.2, 0.25) is 0 Å². The Morgan fingerprint density at radius 1 is 1.55 bits per heavy atom. The van der Waals surface area contributed by atoms with Gasteiger partial charge in [-0.15, -0.1) is 0 Å². The van der Waals surface area contributed by atoms with Gasteiger partial charge >= 0.3 is 5.69 Å². The molecular formula is C13H12N2O5S2. The minimum Gasteiger partial charge on any atom is -0.502 e. The highest BCUT2D eigenvalue weighted by molar-refractivity contribution is 8.26. The Labute approximate surface area is 135 Å². The number of rotatable bonds is 5. The Morgan fingerprint density at radius 3 is 2.91 bits per heavy atom. The fraction of sp³-hybridized carbons (Fsp3) is 0.231. The van der Waals surface area contributed by atoms with Gasteiger partial charge in [-0.25, -0.2) is 0 Å². The number of carbonyl (C=O) groups excluding carboxylic acids is 1. The topological polar surface area (TPSA) is 92.9 Å². The van der Waals surface area contributed by atoms with Crippen LogP contribution in [0.2, 0.25) is 0 Å². The number of methoxy groups -OCH3 is 1.